The topological polar surface area (TPSA) is 83.8 Å². The van der Waals surface area contributed by atoms with Gasteiger partial charge in [0.05, 0.1) is 12.2 Å². The smallest absolute Gasteiger partial charge is 0.306 e. The van der Waals surface area contributed by atoms with E-state index < -0.39 is 11.2 Å². The van der Waals surface area contributed by atoms with Crippen LogP contribution < -0.4 is 0 Å². The van der Waals surface area contributed by atoms with Crippen LogP contribution >= 0.6 is 0 Å². The zero-order valence-corrected chi connectivity index (χ0v) is 26.7. The first-order chi connectivity index (χ1) is 19.5. The average molecular weight is 571 g/mol. The predicted octanol–water partition coefficient (Wildman–Crippen LogP) is 7.88. The number of aliphatic hydroxyl groups excluding tert-OH is 1. The molecule has 0 aliphatic heterocycles. The van der Waals surface area contributed by atoms with E-state index >= 15 is 0 Å². The largest absolute Gasteiger partial charge is 0.458 e. The molecule has 0 aromatic heterocycles. The van der Waals surface area contributed by atoms with Crippen molar-refractivity contribution in [1.29, 1.82) is 0 Å². The van der Waals surface area contributed by atoms with Gasteiger partial charge in [-0.15, -0.1) is 0 Å². The van der Waals surface area contributed by atoms with E-state index in [1.807, 2.05) is 19.1 Å². The third kappa shape index (κ3) is 6.28. The van der Waals surface area contributed by atoms with E-state index in [1.165, 1.54) is 70.6 Å². The zero-order chi connectivity index (χ0) is 29.8. The second-order valence-corrected chi connectivity index (χ2v) is 14.6. The molecule has 41 heavy (non-hydrogen) atoms. The molecule has 0 spiro atoms. The van der Waals surface area contributed by atoms with Crippen LogP contribution in [-0.2, 0) is 14.3 Å². The second kappa shape index (κ2) is 13.5. The molecular formula is C36H58O5. The lowest BCUT2D eigenvalue weighted by atomic mass is 9.61. The van der Waals surface area contributed by atoms with Gasteiger partial charge in [0, 0.05) is 35.5 Å². The first-order valence-corrected chi connectivity index (χ1v) is 17.0. The van der Waals surface area contributed by atoms with E-state index in [0.29, 0.717) is 19.3 Å². The molecule has 5 nitrogen and oxygen atoms in total. The predicted molar refractivity (Wildman–Crippen MR) is 164 cm³/mol. The van der Waals surface area contributed by atoms with Gasteiger partial charge in [-0.3, -0.25) is 9.59 Å². The van der Waals surface area contributed by atoms with Crippen LogP contribution in [0.4, 0.5) is 0 Å². The molecule has 2 N–H and O–H groups in total. The number of unbranched alkanes of at least 4 members (excludes halogenated alkanes) is 12. The first-order valence-electron chi connectivity index (χ1n) is 17.0. The number of esters is 1. The highest BCUT2D eigenvalue weighted by atomic mass is 16.6. The molecule has 2 saturated carbocycles. The lowest BCUT2D eigenvalue weighted by Gasteiger charge is -2.49. The van der Waals surface area contributed by atoms with Crippen LogP contribution in [0.5, 0.6) is 0 Å². The molecule has 0 heterocycles. The molecule has 4 aliphatic carbocycles. The van der Waals surface area contributed by atoms with Crippen molar-refractivity contribution in [1.82, 2.24) is 0 Å². The Morgan fingerprint density at radius 1 is 0.927 bits per heavy atom. The number of Topliss-reactive ketones (excluding diaryl/α,β-unsaturated/α-hetero) is 1. The van der Waals surface area contributed by atoms with Gasteiger partial charge in [-0.25, -0.2) is 0 Å². The third-order valence-corrected chi connectivity index (χ3v) is 11.6. The number of carbonyl (C=O) groups excluding carboxylic acids is 2. The monoisotopic (exact) mass is 570 g/mol. The second-order valence-electron chi connectivity index (χ2n) is 14.6. The van der Waals surface area contributed by atoms with E-state index in [-0.39, 0.29) is 53.4 Å². The number of allylic oxidation sites excluding steroid dienone is 1. The zero-order valence-electron chi connectivity index (χ0n) is 26.7. The fourth-order valence-electron chi connectivity index (χ4n) is 9.08. The molecule has 0 saturated heterocycles. The highest BCUT2D eigenvalue weighted by Gasteiger charge is 2.82. The summed E-state index contributed by atoms with van der Waals surface area (Å²) in [5.41, 5.74) is -0.440. The Kier molecular flexibility index (Phi) is 10.6. The van der Waals surface area contributed by atoms with Gasteiger partial charge >= 0.3 is 5.97 Å². The number of fused-ring (bicyclic) bond motifs is 5. The van der Waals surface area contributed by atoms with Crippen LogP contribution in [0, 0.1) is 35.0 Å². The lowest BCUT2D eigenvalue weighted by Crippen LogP contribution is -2.56. The van der Waals surface area contributed by atoms with Crippen molar-refractivity contribution >= 4 is 11.8 Å². The van der Waals surface area contributed by atoms with Crippen LogP contribution in [0.1, 0.15) is 137 Å². The fourth-order valence-corrected chi connectivity index (χ4v) is 9.08. The Bertz CT molecular complexity index is 994. The van der Waals surface area contributed by atoms with Crippen LogP contribution in [0.25, 0.3) is 0 Å². The molecule has 4 rings (SSSR count). The Hall–Kier alpha value is -1.46. The maximum atomic E-state index is 13.1. The summed E-state index contributed by atoms with van der Waals surface area (Å²) in [6.45, 7) is 10.4. The number of aliphatic hydroxyl groups is 2. The van der Waals surface area contributed by atoms with Gasteiger partial charge in [-0.2, -0.15) is 0 Å². The van der Waals surface area contributed by atoms with Crippen molar-refractivity contribution in [3.05, 3.63) is 23.3 Å². The lowest BCUT2D eigenvalue weighted by molar-refractivity contribution is -0.173. The summed E-state index contributed by atoms with van der Waals surface area (Å²) in [4.78, 5) is 26.2. The van der Waals surface area contributed by atoms with Crippen molar-refractivity contribution in [3.63, 3.8) is 0 Å². The molecule has 0 amide bonds. The first kappa shape index (κ1) is 32.5. The molecule has 0 radical (unpaired) electrons. The number of hydrogen-bond donors (Lipinski definition) is 2. The molecule has 0 aromatic carbocycles. The molecule has 4 aliphatic rings. The minimum Gasteiger partial charge on any atom is -0.458 e. The summed E-state index contributed by atoms with van der Waals surface area (Å²) >= 11 is 0. The van der Waals surface area contributed by atoms with Crippen molar-refractivity contribution in [2.24, 2.45) is 35.0 Å². The Morgan fingerprint density at radius 2 is 1.49 bits per heavy atom. The van der Waals surface area contributed by atoms with Gasteiger partial charge in [-0.05, 0) is 43.3 Å². The van der Waals surface area contributed by atoms with Gasteiger partial charge in [0.25, 0.3) is 0 Å². The van der Waals surface area contributed by atoms with Crippen molar-refractivity contribution < 1.29 is 24.5 Å². The molecule has 2 fully saturated rings. The van der Waals surface area contributed by atoms with Gasteiger partial charge in [-0.1, -0.05) is 117 Å². The highest BCUT2D eigenvalue weighted by molar-refractivity contribution is 5.99. The molecule has 5 heteroatoms. The van der Waals surface area contributed by atoms with E-state index in [2.05, 4.69) is 27.7 Å². The quantitative estimate of drug-likeness (QED) is 0.112. The molecular weight excluding hydrogens is 512 g/mol. The number of carbonyl (C=O) groups is 2. The number of hydrogen-bond acceptors (Lipinski definition) is 5. The summed E-state index contributed by atoms with van der Waals surface area (Å²) in [6, 6.07) is 0. The standard InChI is InChI=1S/C36H58O5/c1-6-7-8-9-10-11-12-13-14-15-16-17-18-19-31(38)41-35-23-26(3)36(40)29-20-25(2)32(39)28(29)21-27(24-37)22-30(36)33(35)34(35,4)5/h20,22,26,28-30,33,37,40H,6-19,21,23-24H2,1-5H3. The molecule has 0 bridgehead atoms. The molecule has 7 unspecified atom stereocenters. The summed E-state index contributed by atoms with van der Waals surface area (Å²) in [5, 5.41) is 22.6. The number of rotatable bonds is 16. The van der Waals surface area contributed by atoms with E-state index in [9.17, 15) is 19.8 Å². The molecule has 0 aromatic rings. The van der Waals surface area contributed by atoms with Crippen LogP contribution in [-0.4, -0.2) is 39.8 Å². The highest BCUT2D eigenvalue weighted by Crippen LogP contribution is 2.76. The summed E-state index contributed by atoms with van der Waals surface area (Å²) in [5.74, 6) is -1.07. The average Bonchev–Trinajstić information content (AvgIpc) is 3.30. The fraction of sp³-hybridized carbons (Fsp3) is 0.833. The van der Waals surface area contributed by atoms with Gasteiger partial charge in [0.15, 0.2) is 5.78 Å². The molecule has 7 atom stereocenters. The summed E-state index contributed by atoms with van der Waals surface area (Å²) < 4.78 is 6.38. The van der Waals surface area contributed by atoms with Crippen molar-refractivity contribution in [3.8, 4) is 0 Å². The van der Waals surface area contributed by atoms with Crippen LogP contribution in [0.2, 0.25) is 0 Å². The van der Waals surface area contributed by atoms with Crippen molar-refractivity contribution in [2.75, 3.05) is 6.61 Å². The maximum absolute atomic E-state index is 13.1. The Labute approximate surface area is 249 Å². The van der Waals surface area contributed by atoms with Gasteiger partial charge in [0.1, 0.15) is 5.60 Å². The maximum Gasteiger partial charge on any atom is 0.306 e. The van der Waals surface area contributed by atoms with Crippen molar-refractivity contribution in [2.45, 2.75) is 149 Å². The van der Waals surface area contributed by atoms with E-state index in [1.54, 1.807) is 0 Å². The number of ketones is 1. The normalized spacial score (nSPS) is 35.1. The number of ether oxygens (including phenoxy) is 1. The van der Waals surface area contributed by atoms with E-state index in [4.69, 9.17) is 4.74 Å². The van der Waals surface area contributed by atoms with Crippen LogP contribution in [0.15, 0.2) is 23.3 Å². The van der Waals surface area contributed by atoms with Gasteiger partial charge in [0.2, 0.25) is 0 Å². The summed E-state index contributed by atoms with van der Waals surface area (Å²) in [7, 11) is 0. The summed E-state index contributed by atoms with van der Waals surface area (Å²) in [6.07, 6.45) is 22.1. The third-order valence-electron chi connectivity index (χ3n) is 11.6. The van der Waals surface area contributed by atoms with Gasteiger partial charge < -0.3 is 14.9 Å². The minimum absolute atomic E-state index is 0.0310. The molecule has 232 valence electrons. The Balaban J connectivity index is 1.27. The SMILES string of the molecule is CCCCCCCCCCCCCCCC(=O)OC12CC(C)C3(O)C4C=C(C)C(=O)C4CC(CO)=CC3C1C2(C)C. The van der Waals surface area contributed by atoms with E-state index in [0.717, 1.165) is 24.0 Å². The van der Waals surface area contributed by atoms with Crippen LogP contribution in [0.3, 0.4) is 0 Å². The minimum atomic E-state index is -1.10. The Morgan fingerprint density at radius 3 is 2.05 bits per heavy atom.